The van der Waals surface area contributed by atoms with Gasteiger partial charge in [-0.1, -0.05) is 184 Å². The van der Waals surface area contributed by atoms with E-state index in [2.05, 4.69) is 178 Å². The average molecular weight is 760 g/mol. The van der Waals surface area contributed by atoms with Gasteiger partial charge in [0.2, 0.25) is 0 Å². The average Bonchev–Trinajstić information content (AvgIpc) is 3.54. The first kappa shape index (κ1) is 34.6. The van der Waals surface area contributed by atoms with Crippen LogP contribution in [0.5, 0.6) is 23.0 Å². The van der Waals surface area contributed by atoms with Crippen molar-refractivity contribution in [3.8, 4) is 102 Å². The Morgan fingerprint density at radius 2 is 0.763 bits per heavy atom. The van der Waals surface area contributed by atoms with Gasteiger partial charge >= 0.3 is 0 Å². The predicted molar refractivity (Wildman–Crippen MR) is 237 cm³/mol. The van der Waals surface area contributed by atoms with Gasteiger partial charge in [-0.25, -0.2) is 15.0 Å². The Bertz CT molecular complexity index is 2930. The maximum absolute atomic E-state index is 6.64. The summed E-state index contributed by atoms with van der Waals surface area (Å²) in [5.74, 6) is 4.73. The molecule has 1 aliphatic heterocycles. The van der Waals surface area contributed by atoms with Gasteiger partial charge in [-0.2, -0.15) is 0 Å². The summed E-state index contributed by atoms with van der Waals surface area (Å²) in [5, 5.41) is 0. The number of hydrogen-bond acceptors (Lipinski definition) is 5. The highest BCUT2D eigenvalue weighted by Crippen LogP contribution is 2.58. The maximum atomic E-state index is 6.64. The number of aromatic nitrogens is 3. The Labute approximate surface area is 343 Å². The van der Waals surface area contributed by atoms with Gasteiger partial charge in [-0.15, -0.1) is 0 Å². The van der Waals surface area contributed by atoms with Crippen molar-refractivity contribution in [1.29, 1.82) is 0 Å². The first-order chi connectivity index (χ1) is 29.0. The number of fused-ring (bicyclic) bond motifs is 6. The SMILES string of the molecule is CC1(C)c2ccccc2-c2c1ccc1c2Oc2ccc(-c3ccc(-c4nc(-c5ccc(-c6ccccc6)cc5)nc(-c5ccc(-c6ccccc6)cc5)n4)cc3)cc2O1. The molecule has 0 fully saturated rings. The molecule has 5 nitrogen and oxygen atoms in total. The second-order valence-electron chi connectivity index (χ2n) is 15.6. The number of benzene rings is 8. The third-order valence-corrected chi connectivity index (χ3v) is 11.7. The fourth-order valence-electron chi connectivity index (χ4n) is 8.46. The molecule has 0 N–H and O–H groups in total. The van der Waals surface area contributed by atoms with Gasteiger partial charge in [-0.3, -0.25) is 0 Å². The van der Waals surface area contributed by atoms with Crippen molar-refractivity contribution in [1.82, 2.24) is 15.0 Å². The zero-order chi connectivity index (χ0) is 39.5. The van der Waals surface area contributed by atoms with E-state index in [1.54, 1.807) is 0 Å². The summed E-state index contributed by atoms with van der Waals surface area (Å²) in [7, 11) is 0. The van der Waals surface area contributed by atoms with E-state index in [1.165, 1.54) is 16.7 Å². The number of ether oxygens (including phenoxy) is 2. The van der Waals surface area contributed by atoms with E-state index in [4.69, 9.17) is 24.4 Å². The lowest BCUT2D eigenvalue weighted by Crippen LogP contribution is -2.15. The highest BCUT2D eigenvalue weighted by Gasteiger charge is 2.39. The van der Waals surface area contributed by atoms with E-state index in [-0.39, 0.29) is 5.41 Å². The molecule has 0 bridgehead atoms. The van der Waals surface area contributed by atoms with Crippen molar-refractivity contribution in [3.05, 3.63) is 199 Å². The third-order valence-electron chi connectivity index (χ3n) is 11.7. The van der Waals surface area contributed by atoms with E-state index < -0.39 is 0 Å². The first-order valence-corrected chi connectivity index (χ1v) is 19.9. The zero-order valence-corrected chi connectivity index (χ0v) is 32.6. The molecule has 0 spiro atoms. The number of nitrogens with zero attached hydrogens (tertiary/aromatic N) is 3. The van der Waals surface area contributed by atoms with Crippen LogP contribution in [0.1, 0.15) is 25.0 Å². The monoisotopic (exact) mass is 759 g/mol. The summed E-state index contributed by atoms with van der Waals surface area (Å²) in [6.07, 6.45) is 0. The van der Waals surface area contributed by atoms with Gasteiger partial charge < -0.3 is 9.47 Å². The van der Waals surface area contributed by atoms with Crippen LogP contribution >= 0.6 is 0 Å². The van der Waals surface area contributed by atoms with E-state index >= 15 is 0 Å². The van der Waals surface area contributed by atoms with Gasteiger partial charge in [0, 0.05) is 27.7 Å². The minimum atomic E-state index is -0.118. The molecule has 0 amide bonds. The van der Waals surface area contributed by atoms with Gasteiger partial charge in [0.25, 0.3) is 0 Å². The quantitative estimate of drug-likeness (QED) is 0.169. The lowest BCUT2D eigenvalue weighted by molar-refractivity contribution is 0.360. The summed E-state index contributed by atoms with van der Waals surface area (Å²) in [6, 6.07) is 64.9. The Kier molecular flexibility index (Phi) is 8.09. The normalized spacial score (nSPS) is 13.0. The van der Waals surface area contributed by atoms with Gasteiger partial charge in [0.05, 0.1) is 0 Å². The van der Waals surface area contributed by atoms with Crippen LogP contribution in [0.4, 0.5) is 0 Å². The Morgan fingerprint density at radius 1 is 0.339 bits per heavy atom. The van der Waals surface area contributed by atoms with Crippen LogP contribution in [-0.2, 0) is 5.41 Å². The molecule has 2 aliphatic rings. The molecule has 0 saturated heterocycles. The number of hydrogen-bond donors (Lipinski definition) is 0. The van der Waals surface area contributed by atoms with Crippen LogP contribution in [0.25, 0.3) is 78.7 Å². The molecule has 0 saturated carbocycles. The lowest BCUT2D eigenvalue weighted by Gasteiger charge is -2.25. The van der Waals surface area contributed by atoms with Crippen LogP contribution < -0.4 is 9.47 Å². The molecule has 9 aromatic rings. The van der Waals surface area contributed by atoms with Crippen LogP contribution in [-0.4, -0.2) is 15.0 Å². The third kappa shape index (κ3) is 6.07. The smallest absolute Gasteiger partial charge is 0.178 e. The van der Waals surface area contributed by atoms with Crippen molar-refractivity contribution in [3.63, 3.8) is 0 Å². The first-order valence-electron chi connectivity index (χ1n) is 19.9. The van der Waals surface area contributed by atoms with Gasteiger partial charge in [0.15, 0.2) is 40.5 Å². The molecule has 59 heavy (non-hydrogen) atoms. The van der Waals surface area contributed by atoms with Crippen molar-refractivity contribution < 1.29 is 9.47 Å². The van der Waals surface area contributed by atoms with Crippen molar-refractivity contribution in [2.24, 2.45) is 0 Å². The lowest BCUT2D eigenvalue weighted by atomic mass is 9.82. The van der Waals surface area contributed by atoms with Crippen molar-refractivity contribution in [2.75, 3.05) is 0 Å². The molecule has 5 heteroatoms. The van der Waals surface area contributed by atoms with E-state index in [1.807, 2.05) is 24.3 Å². The van der Waals surface area contributed by atoms with Gasteiger partial charge in [-0.05, 0) is 68.3 Å². The van der Waals surface area contributed by atoms with Gasteiger partial charge in [0.1, 0.15) is 0 Å². The van der Waals surface area contributed by atoms with Crippen LogP contribution in [0, 0.1) is 0 Å². The summed E-state index contributed by atoms with van der Waals surface area (Å²) in [4.78, 5) is 15.1. The standard InChI is InChI=1S/C54H37N3O2/c1-54(2)44-16-10-9-15-43(44)49-45(54)30-32-47-50(49)59-46-31-29-42(33-48(46)58-47)38-21-27-41(28-22-38)53-56-51(39-23-17-36(18-24-39)34-11-5-3-6-12-34)55-52(57-53)40-25-19-37(20-26-40)35-13-7-4-8-14-35/h3-33H,1-2H3. The summed E-state index contributed by atoms with van der Waals surface area (Å²) in [6.45, 7) is 4.54. The highest BCUT2D eigenvalue weighted by molar-refractivity contribution is 5.88. The Balaban J connectivity index is 0.916. The largest absolute Gasteiger partial charge is 0.449 e. The molecule has 8 aromatic carbocycles. The fourth-order valence-corrected chi connectivity index (χ4v) is 8.46. The maximum Gasteiger partial charge on any atom is 0.178 e. The highest BCUT2D eigenvalue weighted by atomic mass is 16.6. The zero-order valence-electron chi connectivity index (χ0n) is 32.6. The molecular weight excluding hydrogens is 723 g/mol. The predicted octanol–water partition coefficient (Wildman–Crippen LogP) is 14.1. The molecule has 280 valence electrons. The molecule has 0 unspecified atom stereocenters. The second kappa shape index (κ2) is 13.8. The molecule has 1 aromatic heterocycles. The van der Waals surface area contributed by atoms with E-state index in [9.17, 15) is 0 Å². The fraction of sp³-hybridized carbons (Fsp3) is 0.0556. The van der Waals surface area contributed by atoms with Crippen LogP contribution in [0.2, 0.25) is 0 Å². The van der Waals surface area contributed by atoms with Crippen molar-refractivity contribution in [2.45, 2.75) is 19.3 Å². The Morgan fingerprint density at radius 3 is 1.31 bits per heavy atom. The summed E-state index contributed by atoms with van der Waals surface area (Å²) in [5.41, 5.74) is 14.1. The van der Waals surface area contributed by atoms with Crippen molar-refractivity contribution >= 4 is 0 Å². The molecule has 11 rings (SSSR count). The summed E-state index contributed by atoms with van der Waals surface area (Å²) >= 11 is 0. The van der Waals surface area contributed by atoms with E-state index in [0.717, 1.165) is 67.1 Å². The minimum Gasteiger partial charge on any atom is -0.449 e. The van der Waals surface area contributed by atoms with Crippen LogP contribution in [0.15, 0.2) is 188 Å². The van der Waals surface area contributed by atoms with Crippen LogP contribution in [0.3, 0.4) is 0 Å². The minimum absolute atomic E-state index is 0.118. The number of rotatable bonds is 6. The topological polar surface area (TPSA) is 57.1 Å². The Hall–Kier alpha value is -7.63. The summed E-state index contributed by atoms with van der Waals surface area (Å²) < 4.78 is 13.2. The molecule has 2 heterocycles. The molecule has 0 atom stereocenters. The second-order valence-corrected chi connectivity index (χ2v) is 15.6. The molecule has 0 radical (unpaired) electrons. The molecular formula is C54H37N3O2. The molecule has 1 aliphatic carbocycles. The van der Waals surface area contributed by atoms with E-state index in [0.29, 0.717) is 29.0 Å².